The van der Waals surface area contributed by atoms with E-state index in [4.69, 9.17) is 0 Å². The van der Waals surface area contributed by atoms with Crippen molar-refractivity contribution in [3.05, 3.63) is 135 Å². The normalized spacial score (nSPS) is 11.2. The molecule has 0 aliphatic heterocycles. The van der Waals surface area contributed by atoms with E-state index in [1.54, 1.807) is 10.4 Å². The Balaban J connectivity index is 0.00000208. The predicted molar refractivity (Wildman–Crippen MR) is 215 cm³/mol. The number of fused-ring (bicyclic) bond motifs is 2. The SMILES string of the molecule is CCCCCC[Si](CCCCCC)(c1cc2c(-c3ccc(C)cc3)cccc2[cH-]1)c1cc2c(-c3ccc(C)cc3)cccc2[cH-]1.[CH3-].[CH3-].[Hf+4]. The molecule has 0 radical (unpaired) electrons. The zero-order chi connectivity index (χ0) is 31.2. The minimum atomic E-state index is -2.08. The molecule has 0 aliphatic rings. The molecule has 0 spiro atoms. The van der Waals surface area contributed by atoms with Gasteiger partial charge < -0.3 is 14.9 Å². The fourth-order valence-corrected chi connectivity index (χ4v) is 12.7. The maximum absolute atomic E-state index is 2.63. The molecule has 6 aromatic carbocycles. The summed E-state index contributed by atoms with van der Waals surface area (Å²) in [5.41, 5.74) is 8.01. The van der Waals surface area contributed by atoms with Crippen molar-refractivity contribution in [3.8, 4) is 22.3 Å². The van der Waals surface area contributed by atoms with Crippen molar-refractivity contribution in [2.75, 3.05) is 0 Å². The molecular weight excluding hydrogens is 759 g/mol. The molecule has 0 fully saturated rings. The van der Waals surface area contributed by atoms with Gasteiger partial charge in [0.25, 0.3) is 0 Å². The molecule has 0 amide bonds. The third-order valence-corrected chi connectivity index (χ3v) is 15.4. The smallest absolute Gasteiger partial charge is 0.358 e. The van der Waals surface area contributed by atoms with E-state index < -0.39 is 8.07 Å². The van der Waals surface area contributed by atoms with Gasteiger partial charge in [-0.05, 0) is 25.0 Å². The first kappa shape index (κ1) is 39.6. The Morgan fingerprint density at radius 3 is 1.27 bits per heavy atom. The molecule has 0 atom stereocenters. The largest absolute Gasteiger partial charge is 4.00 e. The zero-order valence-corrected chi connectivity index (χ0v) is 35.1. The van der Waals surface area contributed by atoms with Crippen molar-refractivity contribution in [2.24, 2.45) is 0 Å². The summed E-state index contributed by atoms with van der Waals surface area (Å²) in [5, 5.41) is 8.95. The van der Waals surface area contributed by atoms with Gasteiger partial charge in [-0.2, -0.15) is 12.1 Å². The van der Waals surface area contributed by atoms with Crippen molar-refractivity contribution < 1.29 is 25.8 Å². The van der Waals surface area contributed by atoms with Gasteiger partial charge in [-0.3, -0.25) is 0 Å². The standard InChI is InChI=1S/C44H50Si.2CH3.Hf/c1-5-7-9-11-27-45(28-12-10-8-6-2,39-29-37-15-13-17-41(43(37)31-39)35-23-19-33(3)20-24-35)40-30-38-16-14-18-42(44(38)32-40)36-25-21-34(4)22-26-36;;;/h13-26,29-32H,5-12,27-28H2,1-4H3;2*1H3;/q-2;2*-1;+4. The number of benzene rings is 4. The van der Waals surface area contributed by atoms with Gasteiger partial charge >= 0.3 is 25.8 Å². The van der Waals surface area contributed by atoms with Gasteiger partial charge in [0.05, 0.1) is 8.07 Å². The van der Waals surface area contributed by atoms with Crippen LogP contribution in [0.4, 0.5) is 0 Å². The molecule has 0 aromatic heterocycles. The topological polar surface area (TPSA) is 0 Å². The molecule has 0 saturated carbocycles. The van der Waals surface area contributed by atoms with Gasteiger partial charge in [0, 0.05) is 0 Å². The van der Waals surface area contributed by atoms with Crippen LogP contribution >= 0.6 is 0 Å². The molecule has 0 nitrogen and oxygen atoms in total. The van der Waals surface area contributed by atoms with Crippen LogP contribution in [0.15, 0.2) is 109 Å². The molecule has 48 heavy (non-hydrogen) atoms. The van der Waals surface area contributed by atoms with E-state index in [-0.39, 0.29) is 40.7 Å². The number of rotatable bonds is 14. The number of hydrogen-bond donors (Lipinski definition) is 0. The Hall–Kier alpha value is -2.81. The summed E-state index contributed by atoms with van der Waals surface area (Å²) in [6, 6.07) is 45.2. The Bertz CT molecular complexity index is 1700. The second-order valence-electron chi connectivity index (χ2n) is 13.5. The molecule has 0 N–H and O–H groups in total. The predicted octanol–water partition coefficient (Wildman–Crippen LogP) is 13.0. The van der Waals surface area contributed by atoms with Crippen LogP contribution in [-0.2, 0) is 25.8 Å². The summed E-state index contributed by atoms with van der Waals surface area (Å²) in [7, 11) is -2.08. The second kappa shape index (κ2) is 18.3. The third-order valence-electron chi connectivity index (χ3n) is 10.2. The summed E-state index contributed by atoms with van der Waals surface area (Å²) in [4.78, 5) is 0. The van der Waals surface area contributed by atoms with Crippen LogP contribution in [-0.4, -0.2) is 8.07 Å². The van der Waals surface area contributed by atoms with E-state index in [2.05, 4.69) is 137 Å². The average molecular weight is 816 g/mol. The maximum Gasteiger partial charge on any atom is 4.00 e. The molecule has 6 aromatic rings. The molecule has 2 heteroatoms. The number of aryl methyl sites for hydroxylation is 2. The van der Waals surface area contributed by atoms with E-state index in [9.17, 15) is 0 Å². The zero-order valence-electron chi connectivity index (χ0n) is 30.5. The van der Waals surface area contributed by atoms with Crippen LogP contribution in [0.2, 0.25) is 12.1 Å². The molecule has 6 rings (SSSR count). The fourth-order valence-electron chi connectivity index (χ4n) is 7.57. The molecule has 0 unspecified atom stereocenters. The Morgan fingerprint density at radius 1 is 0.500 bits per heavy atom. The van der Waals surface area contributed by atoms with Crippen LogP contribution in [0, 0.1) is 28.7 Å². The molecule has 0 saturated heterocycles. The first-order valence-electron chi connectivity index (χ1n) is 17.6. The third kappa shape index (κ3) is 8.48. The summed E-state index contributed by atoms with van der Waals surface area (Å²) in [5.74, 6) is 0. The second-order valence-corrected chi connectivity index (χ2v) is 17.9. The molecule has 248 valence electrons. The van der Waals surface area contributed by atoms with E-state index >= 15 is 0 Å². The average Bonchev–Trinajstić information content (AvgIpc) is 3.70. The molecular formula is C46H56HfSi. The van der Waals surface area contributed by atoms with Gasteiger partial charge in [0.2, 0.25) is 0 Å². The van der Waals surface area contributed by atoms with Crippen molar-refractivity contribution >= 4 is 40.0 Å². The Morgan fingerprint density at radius 2 is 0.896 bits per heavy atom. The Labute approximate surface area is 312 Å². The monoisotopic (exact) mass is 816 g/mol. The number of hydrogen-bond acceptors (Lipinski definition) is 0. The van der Waals surface area contributed by atoms with Crippen LogP contribution in [0.3, 0.4) is 0 Å². The van der Waals surface area contributed by atoms with E-state index in [0.29, 0.717) is 0 Å². The fraction of sp³-hybridized carbons (Fsp3) is 0.304. The number of unbranched alkanes of at least 4 members (excludes halogenated alkanes) is 6. The van der Waals surface area contributed by atoms with Gasteiger partial charge in [-0.15, -0.1) is 68.3 Å². The van der Waals surface area contributed by atoms with Gasteiger partial charge in [0.15, 0.2) is 0 Å². The van der Waals surface area contributed by atoms with Crippen LogP contribution < -0.4 is 10.4 Å². The van der Waals surface area contributed by atoms with Crippen LogP contribution in [0.25, 0.3) is 43.8 Å². The summed E-state index contributed by atoms with van der Waals surface area (Å²) in [6.07, 6.45) is 10.6. The molecule has 0 heterocycles. The van der Waals surface area contributed by atoms with E-state index in [1.165, 1.54) is 118 Å². The summed E-state index contributed by atoms with van der Waals surface area (Å²) >= 11 is 0. The van der Waals surface area contributed by atoms with E-state index in [1.807, 2.05) is 0 Å². The molecule has 0 bridgehead atoms. The van der Waals surface area contributed by atoms with Gasteiger partial charge in [-0.25, -0.2) is 0 Å². The maximum atomic E-state index is 2.63. The molecule has 0 aliphatic carbocycles. The van der Waals surface area contributed by atoms with E-state index in [0.717, 1.165) is 0 Å². The Kier molecular flexibility index (Phi) is 15.1. The van der Waals surface area contributed by atoms with Crippen molar-refractivity contribution in [3.63, 3.8) is 0 Å². The first-order chi connectivity index (χ1) is 22.0. The minimum absolute atomic E-state index is 0. The van der Waals surface area contributed by atoms with Crippen LogP contribution in [0.5, 0.6) is 0 Å². The van der Waals surface area contributed by atoms with Gasteiger partial charge in [0.1, 0.15) is 0 Å². The van der Waals surface area contributed by atoms with Crippen molar-refractivity contribution in [2.45, 2.75) is 91.1 Å². The van der Waals surface area contributed by atoms with Crippen molar-refractivity contribution in [1.82, 2.24) is 0 Å². The first-order valence-corrected chi connectivity index (χ1v) is 20.0. The van der Waals surface area contributed by atoms with Gasteiger partial charge in [-0.1, -0.05) is 160 Å². The van der Waals surface area contributed by atoms with Crippen molar-refractivity contribution in [1.29, 1.82) is 0 Å². The summed E-state index contributed by atoms with van der Waals surface area (Å²) < 4.78 is 0. The van der Waals surface area contributed by atoms with Crippen LogP contribution in [0.1, 0.15) is 76.3 Å². The quantitative estimate of drug-likeness (QED) is 0.0584. The minimum Gasteiger partial charge on any atom is -0.358 e. The summed E-state index contributed by atoms with van der Waals surface area (Å²) in [6.45, 7) is 9.02.